The van der Waals surface area contributed by atoms with E-state index < -0.39 is 0 Å². The average molecular weight is 413 g/mol. The predicted molar refractivity (Wildman–Crippen MR) is 109 cm³/mol. The molecule has 1 aliphatic heterocycles. The summed E-state index contributed by atoms with van der Waals surface area (Å²) in [6.07, 6.45) is 4.61. The molecule has 2 aliphatic rings. The topological polar surface area (TPSA) is 40.9 Å². The number of carbonyl (C=O) groups excluding carboxylic acids is 1. The van der Waals surface area contributed by atoms with E-state index in [1.54, 1.807) is 12.1 Å². The van der Waals surface area contributed by atoms with Crippen molar-refractivity contribution in [3.05, 3.63) is 70.9 Å². The van der Waals surface area contributed by atoms with Crippen LogP contribution in [-0.2, 0) is 11.3 Å². The van der Waals surface area contributed by atoms with Gasteiger partial charge >= 0.3 is 0 Å². The molecular weight excluding hydrogens is 391 g/mol. The molecule has 5 rings (SSSR count). The summed E-state index contributed by atoms with van der Waals surface area (Å²) < 4.78 is 15.9. The Kier molecular flexibility index (Phi) is 4.76. The van der Waals surface area contributed by atoms with Crippen LogP contribution in [0.2, 0.25) is 5.02 Å². The Morgan fingerprint density at radius 3 is 2.69 bits per heavy atom. The van der Waals surface area contributed by atoms with Crippen LogP contribution < -0.4 is 0 Å². The minimum absolute atomic E-state index is 0.0338. The molecule has 2 aromatic heterocycles. The zero-order valence-electron chi connectivity index (χ0n) is 16.0. The lowest BCUT2D eigenvalue weighted by molar-refractivity contribution is -0.134. The van der Waals surface area contributed by atoms with Crippen LogP contribution in [-0.4, -0.2) is 51.3 Å². The molecule has 1 saturated heterocycles. The quantitative estimate of drug-likeness (QED) is 0.657. The highest BCUT2D eigenvalue weighted by Crippen LogP contribution is 2.49. The Bertz CT molecular complexity index is 1060. The van der Waals surface area contributed by atoms with Gasteiger partial charge in [-0.2, -0.15) is 0 Å². The van der Waals surface area contributed by atoms with Crippen LogP contribution in [0.1, 0.15) is 23.6 Å². The molecule has 150 valence electrons. The maximum Gasteiger partial charge on any atom is 0.226 e. The smallest absolute Gasteiger partial charge is 0.226 e. The maximum atomic E-state index is 14.0. The van der Waals surface area contributed by atoms with Gasteiger partial charge in [0.05, 0.1) is 10.7 Å². The van der Waals surface area contributed by atoms with E-state index in [2.05, 4.69) is 9.88 Å². The fraction of sp³-hybridized carbons (Fsp3) is 0.364. The summed E-state index contributed by atoms with van der Waals surface area (Å²) in [7, 11) is 0. The molecule has 2 unspecified atom stereocenters. The molecule has 7 heteroatoms. The molecule has 1 saturated carbocycles. The fourth-order valence-corrected chi connectivity index (χ4v) is 4.44. The van der Waals surface area contributed by atoms with Gasteiger partial charge < -0.3 is 9.30 Å². The van der Waals surface area contributed by atoms with E-state index in [1.807, 2.05) is 39.9 Å². The van der Waals surface area contributed by atoms with Gasteiger partial charge in [-0.1, -0.05) is 29.8 Å². The molecule has 29 heavy (non-hydrogen) atoms. The molecule has 0 spiro atoms. The second-order valence-corrected chi connectivity index (χ2v) is 8.35. The number of pyridine rings is 1. The minimum atomic E-state index is -0.202. The molecule has 1 aliphatic carbocycles. The van der Waals surface area contributed by atoms with E-state index >= 15 is 0 Å². The van der Waals surface area contributed by atoms with Gasteiger partial charge in [0.2, 0.25) is 5.91 Å². The van der Waals surface area contributed by atoms with Crippen molar-refractivity contribution in [2.45, 2.75) is 18.9 Å². The zero-order chi connectivity index (χ0) is 20.0. The molecule has 2 fully saturated rings. The number of rotatable bonds is 4. The van der Waals surface area contributed by atoms with Crippen LogP contribution in [0.25, 0.3) is 5.65 Å². The number of benzene rings is 1. The Labute approximate surface area is 173 Å². The monoisotopic (exact) mass is 412 g/mol. The summed E-state index contributed by atoms with van der Waals surface area (Å²) in [5.41, 5.74) is 2.55. The second kappa shape index (κ2) is 7.43. The van der Waals surface area contributed by atoms with E-state index in [-0.39, 0.29) is 23.6 Å². The van der Waals surface area contributed by atoms with E-state index in [0.717, 1.165) is 37.4 Å². The highest BCUT2D eigenvalue weighted by molar-refractivity contribution is 6.30. The van der Waals surface area contributed by atoms with Crippen molar-refractivity contribution in [1.82, 2.24) is 19.2 Å². The summed E-state index contributed by atoms with van der Waals surface area (Å²) in [6.45, 7) is 3.80. The third kappa shape index (κ3) is 3.74. The SMILES string of the molecule is O=C(C1CC1c1ccccc1F)N1CCN(Cc2cn3cc(Cl)ccc3n2)CC1. The number of nitrogens with zero attached hydrogens (tertiary/aromatic N) is 4. The van der Waals surface area contributed by atoms with Crippen molar-refractivity contribution in [2.75, 3.05) is 26.2 Å². The largest absolute Gasteiger partial charge is 0.340 e. The Hall–Kier alpha value is -2.44. The number of amides is 1. The molecule has 0 radical (unpaired) electrons. The van der Waals surface area contributed by atoms with Gasteiger partial charge in [-0.05, 0) is 36.1 Å². The lowest BCUT2D eigenvalue weighted by Crippen LogP contribution is -2.48. The van der Waals surface area contributed by atoms with Crippen molar-refractivity contribution in [3.63, 3.8) is 0 Å². The van der Waals surface area contributed by atoms with Crippen LogP contribution in [0.4, 0.5) is 4.39 Å². The first-order chi connectivity index (χ1) is 14.1. The van der Waals surface area contributed by atoms with Crippen LogP contribution in [0.5, 0.6) is 0 Å². The van der Waals surface area contributed by atoms with Crippen molar-refractivity contribution in [1.29, 1.82) is 0 Å². The Balaban J connectivity index is 1.16. The van der Waals surface area contributed by atoms with Gasteiger partial charge in [-0.15, -0.1) is 0 Å². The van der Waals surface area contributed by atoms with Crippen LogP contribution >= 0.6 is 11.6 Å². The molecule has 2 atom stereocenters. The number of piperazine rings is 1. The first-order valence-electron chi connectivity index (χ1n) is 9.97. The van der Waals surface area contributed by atoms with E-state index in [4.69, 9.17) is 11.6 Å². The van der Waals surface area contributed by atoms with Crippen LogP contribution in [0, 0.1) is 11.7 Å². The molecule has 1 aromatic carbocycles. The highest BCUT2D eigenvalue weighted by Gasteiger charge is 2.47. The summed E-state index contributed by atoms with van der Waals surface area (Å²) in [6, 6.07) is 10.5. The second-order valence-electron chi connectivity index (χ2n) is 7.92. The molecule has 5 nitrogen and oxygen atoms in total. The predicted octanol–water partition coefficient (Wildman–Crippen LogP) is 3.57. The summed E-state index contributed by atoms with van der Waals surface area (Å²) in [5, 5.41) is 0.683. The van der Waals surface area contributed by atoms with Gasteiger partial charge in [0, 0.05) is 51.0 Å². The number of fused-ring (bicyclic) bond motifs is 1. The number of hydrogen-bond donors (Lipinski definition) is 0. The molecule has 3 aromatic rings. The zero-order valence-corrected chi connectivity index (χ0v) is 16.7. The first-order valence-corrected chi connectivity index (χ1v) is 10.3. The summed E-state index contributed by atoms with van der Waals surface area (Å²) in [5.74, 6) is -0.0696. The van der Waals surface area contributed by atoms with Gasteiger partial charge in [-0.25, -0.2) is 9.37 Å². The molecule has 0 bridgehead atoms. The number of imidazole rings is 1. The summed E-state index contributed by atoms with van der Waals surface area (Å²) >= 11 is 6.04. The van der Waals surface area contributed by atoms with Gasteiger partial charge in [-0.3, -0.25) is 9.69 Å². The van der Waals surface area contributed by atoms with Crippen molar-refractivity contribution in [3.8, 4) is 0 Å². The lowest BCUT2D eigenvalue weighted by atomic mass is 10.1. The summed E-state index contributed by atoms with van der Waals surface area (Å²) in [4.78, 5) is 21.7. The maximum absolute atomic E-state index is 14.0. The fourth-order valence-electron chi connectivity index (χ4n) is 4.27. The van der Waals surface area contributed by atoms with Crippen LogP contribution in [0.15, 0.2) is 48.8 Å². The Morgan fingerprint density at radius 2 is 1.90 bits per heavy atom. The standard InChI is InChI=1S/C22H22ClFN4O/c23-15-5-6-21-25-16(14-28(21)12-15)13-26-7-9-27(10-8-26)22(29)19-11-18(19)17-3-1-2-4-20(17)24/h1-6,12,14,18-19H,7-11,13H2. The molecule has 3 heterocycles. The number of hydrogen-bond acceptors (Lipinski definition) is 3. The minimum Gasteiger partial charge on any atom is -0.340 e. The number of carbonyl (C=O) groups is 1. The normalized spacial score (nSPS) is 22.2. The molecule has 1 amide bonds. The van der Waals surface area contributed by atoms with Gasteiger partial charge in [0.25, 0.3) is 0 Å². The number of aromatic nitrogens is 2. The average Bonchev–Trinajstić information content (AvgIpc) is 3.41. The Morgan fingerprint density at radius 1 is 1.10 bits per heavy atom. The van der Waals surface area contributed by atoms with E-state index in [9.17, 15) is 9.18 Å². The first kappa shape index (κ1) is 18.6. The molecular formula is C22H22ClFN4O. The number of halogens is 2. The third-order valence-corrected chi connectivity index (χ3v) is 6.17. The van der Waals surface area contributed by atoms with Gasteiger partial charge in [0.1, 0.15) is 11.5 Å². The third-order valence-electron chi connectivity index (χ3n) is 5.95. The van der Waals surface area contributed by atoms with E-state index in [1.165, 1.54) is 6.07 Å². The van der Waals surface area contributed by atoms with Crippen molar-refractivity contribution < 1.29 is 9.18 Å². The lowest BCUT2D eigenvalue weighted by Gasteiger charge is -2.34. The van der Waals surface area contributed by atoms with Crippen LogP contribution in [0.3, 0.4) is 0 Å². The molecule has 0 N–H and O–H groups in total. The highest BCUT2D eigenvalue weighted by atomic mass is 35.5. The van der Waals surface area contributed by atoms with Gasteiger partial charge in [0.15, 0.2) is 0 Å². The van der Waals surface area contributed by atoms with E-state index in [0.29, 0.717) is 23.7 Å². The van der Waals surface area contributed by atoms with Crippen molar-refractivity contribution >= 4 is 23.2 Å². The van der Waals surface area contributed by atoms with Crippen molar-refractivity contribution in [2.24, 2.45) is 5.92 Å².